The summed E-state index contributed by atoms with van der Waals surface area (Å²) < 4.78 is 6.14. The fourth-order valence-electron chi connectivity index (χ4n) is 4.32. The van der Waals surface area contributed by atoms with Crippen LogP contribution in [0.2, 0.25) is 0 Å². The summed E-state index contributed by atoms with van der Waals surface area (Å²) in [4.78, 5) is 29.1. The molecule has 0 bridgehead atoms. The van der Waals surface area contributed by atoms with E-state index in [2.05, 4.69) is 10.2 Å². The zero-order valence-corrected chi connectivity index (χ0v) is 15.9. The molecule has 7 heteroatoms. The van der Waals surface area contributed by atoms with Gasteiger partial charge < -0.3 is 15.0 Å². The molecule has 1 aliphatic carbocycles. The number of ether oxygens (including phenoxy) is 1. The minimum atomic E-state index is -0.251. The van der Waals surface area contributed by atoms with Gasteiger partial charge in [0, 0.05) is 26.1 Å². The molecule has 3 saturated heterocycles. The van der Waals surface area contributed by atoms with Gasteiger partial charge in [0.05, 0.1) is 19.7 Å². The SMILES string of the molecule is CNC(=O)C1COC2(CN(C(=O)C3CCSCC3)C2)CN1CC1CC1. The van der Waals surface area contributed by atoms with Gasteiger partial charge in [0.2, 0.25) is 11.8 Å². The Morgan fingerprint density at radius 2 is 1.88 bits per heavy atom. The molecular weight excluding hydrogens is 338 g/mol. The number of carbonyl (C=O) groups excluding carboxylic acids is 2. The Hall–Kier alpha value is -0.790. The van der Waals surface area contributed by atoms with Crippen molar-refractivity contribution in [1.29, 1.82) is 0 Å². The lowest BCUT2D eigenvalue weighted by molar-refractivity contribution is -0.206. The van der Waals surface area contributed by atoms with E-state index in [1.54, 1.807) is 7.05 Å². The van der Waals surface area contributed by atoms with Crippen molar-refractivity contribution in [2.24, 2.45) is 11.8 Å². The van der Waals surface area contributed by atoms with E-state index in [4.69, 9.17) is 4.74 Å². The molecule has 1 spiro atoms. The summed E-state index contributed by atoms with van der Waals surface area (Å²) in [5.41, 5.74) is -0.251. The molecule has 2 amide bonds. The van der Waals surface area contributed by atoms with E-state index in [1.807, 2.05) is 16.7 Å². The normalized spacial score (nSPS) is 30.1. The van der Waals surface area contributed by atoms with Gasteiger partial charge in [-0.1, -0.05) is 0 Å². The molecule has 0 aromatic carbocycles. The van der Waals surface area contributed by atoms with Crippen LogP contribution in [0.25, 0.3) is 0 Å². The van der Waals surface area contributed by atoms with Gasteiger partial charge in [-0.3, -0.25) is 14.5 Å². The van der Waals surface area contributed by atoms with Crippen molar-refractivity contribution in [1.82, 2.24) is 15.1 Å². The summed E-state index contributed by atoms with van der Waals surface area (Å²) in [5.74, 6) is 3.52. The van der Waals surface area contributed by atoms with Gasteiger partial charge in [-0.2, -0.15) is 11.8 Å². The van der Waals surface area contributed by atoms with Crippen LogP contribution in [0.3, 0.4) is 0 Å². The van der Waals surface area contributed by atoms with Crippen LogP contribution in [-0.4, -0.2) is 84.6 Å². The van der Waals surface area contributed by atoms with Crippen LogP contribution in [-0.2, 0) is 14.3 Å². The summed E-state index contributed by atoms with van der Waals surface area (Å²) in [6.07, 6.45) is 4.57. The zero-order valence-electron chi connectivity index (χ0n) is 15.0. The highest BCUT2D eigenvalue weighted by atomic mass is 32.2. The maximum Gasteiger partial charge on any atom is 0.239 e. The van der Waals surface area contributed by atoms with E-state index >= 15 is 0 Å². The maximum absolute atomic E-state index is 12.7. The number of nitrogens with zero attached hydrogens (tertiary/aromatic N) is 2. The second kappa shape index (κ2) is 7.08. The molecule has 0 aromatic heterocycles. The fraction of sp³-hybridized carbons (Fsp3) is 0.889. The third kappa shape index (κ3) is 3.69. The van der Waals surface area contributed by atoms with Crippen LogP contribution in [0.5, 0.6) is 0 Å². The molecule has 25 heavy (non-hydrogen) atoms. The van der Waals surface area contributed by atoms with Crippen LogP contribution < -0.4 is 5.32 Å². The topological polar surface area (TPSA) is 61.9 Å². The Morgan fingerprint density at radius 3 is 2.52 bits per heavy atom. The van der Waals surface area contributed by atoms with E-state index in [0.29, 0.717) is 25.6 Å². The number of morpholine rings is 1. The highest BCUT2D eigenvalue weighted by Crippen LogP contribution is 2.37. The molecule has 4 aliphatic rings. The van der Waals surface area contributed by atoms with Crippen molar-refractivity contribution in [3.8, 4) is 0 Å². The minimum Gasteiger partial charge on any atom is -0.368 e. The molecule has 1 N–H and O–H groups in total. The number of rotatable bonds is 4. The first-order valence-electron chi connectivity index (χ1n) is 9.56. The van der Waals surface area contributed by atoms with Crippen molar-refractivity contribution in [2.75, 3.05) is 51.3 Å². The quantitative estimate of drug-likeness (QED) is 0.787. The van der Waals surface area contributed by atoms with E-state index in [-0.39, 0.29) is 23.5 Å². The fourth-order valence-corrected chi connectivity index (χ4v) is 5.42. The van der Waals surface area contributed by atoms with E-state index in [9.17, 15) is 9.59 Å². The molecule has 1 atom stereocenters. The second-order valence-corrected chi connectivity index (χ2v) is 9.30. The monoisotopic (exact) mass is 367 g/mol. The number of carbonyl (C=O) groups is 2. The third-order valence-electron chi connectivity index (χ3n) is 6.06. The summed E-state index contributed by atoms with van der Waals surface area (Å²) in [7, 11) is 1.69. The van der Waals surface area contributed by atoms with E-state index in [0.717, 1.165) is 43.4 Å². The summed E-state index contributed by atoms with van der Waals surface area (Å²) >= 11 is 1.95. The van der Waals surface area contributed by atoms with Crippen molar-refractivity contribution in [2.45, 2.75) is 37.3 Å². The lowest BCUT2D eigenvalue weighted by Crippen LogP contribution is -2.74. The van der Waals surface area contributed by atoms with Crippen LogP contribution in [0.4, 0.5) is 0 Å². The van der Waals surface area contributed by atoms with Crippen LogP contribution in [0.1, 0.15) is 25.7 Å². The average Bonchev–Trinajstić information content (AvgIpc) is 3.43. The van der Waals surface area contributed by atoms with Crippen LogP contribution in [0.15, 0.2) is 0 Å². The van der Waals surface area contributed by atoms with Gasteiger partial charge in [0.25, 0.3) is 0 Å². The van der Waals surface area contributed by atoms with Crippen molar-refractivity contribution in [3.63, 3.8) is 0 Å². The van der Waals surface area contributed by atoms with Gasteiger partial charge in [-0.05, 0) is 43.1 Å². The zero-order chi connectivity index (χ0) is 17.4. The summed E-state index contributed by atoms with van der Waals surface area (Å²) in [5, 5.41) is 2.76. The summed E-state index contributed by atoms with van der Waals surface area (Å²) in [6, 6.07) is -0.184. The van der Waals surface area contributed by atoms with Gasteiger partial charge in [-0.15, -0.1) is 0 Å². The predicted molar refractivity (Wildman–Crippen MR) is 97.5 cm³/mol. The maximum atomic E-state index is 12.7. The van der Waals surface area contributed by atoms with Crippen LogP contribution >= 0.6 is 11.8 Å². The highest BCUT2D eigenvalue weighted by Gasteiger charge is 2.53. The molecule has 3 heterocycles. The number of hydrogen-bond acceptors (Lipinski definition) is 5. The number of hydrogen-bond donors (Lipinski definition) is 1. The molecule has 4 fully saturated rings. The van der Waals surface area contributed by atoms with Crippen LogP contribution in [0, 0.1) is 11.8 Å². The van der Waals surface area contributed by atoms with Crippen molar-refractivity contribution >= 4 is 23.6 Å². The first kappa shape index (κ1) is 17.6. The number of amides is 2. The molecule has 1 saturated carbocycles. The molecule has 1 unspecified atom stereocenters. The second-order valence-electron chi connectivity index (χ2n) is 8.08. The summed E-state index contributed by atoms with van der Waals surface area (Å²) in [6.45, 7) is 3.57. The number of nitrogens with one attached hydrogen (secondary N) is 1. The first-order chi connectivity index (χ1) is 12.1. The van der Waals surface area contributed by atoms with Gasteiger partial charge in [-0.25, -0.2) is 0 Å². The smallest absolute Gasteiger partial charge is 0.239 e. The Labute approximate surface area is 154 Å². The van der Waals surface area contributed by atoms with Gasteiger partial charge in [0.1, 0.15) is 11.6 Å². The molecule has 0 aromatic rings. The molecule has 4 rings (SSSR count). The molecule has 3 aliphatic heterocycles. The number of likely N-dealkylation sites (tertiary alicyclic amines) is 1. The molecule has 6 nitrogen and oxygen atoms in total. The van der Waals surface area contributed by atoms with E-state index < -0.39 is 0 Å². The molecule has 0 radical (unpaired) electrons. The Kier molecular flexibility index (Phi) is 4.99. The molecule has 140 valence electrons. The standard InChI is InChI=1S/C18H29N3O3S/c1-19-16(22)15-9-24-18(10-20(15)8-13-2-3-13)11-21(12-18)17(23)14-4-6-25-7-5-14/h13-15H,2-12H2,1H3,(H,19,22). The van der Waals surface area contributed by atoms with Crippen molar-refractivity contribution < 1.29 is 14.3 Å². The van der Waals surface area contributed by atoms with Gasteiger partial charge >= 0.3 is 0 Å². The lowest BCUT2D eigenvalue weighted by atomic mass is 9.88. The molecular formula is C18H29N3O3S. The van der Waals surface area contributed by atoms with Crippen molar-refractivity contribution in [3.05, 3.63) is 0 Å². The lowest BCUT2D eigenvalue weighted by Gasteiger charge is -2.56. The predicted octanol–water partition coefficient (Wildman–Crippen LogP) is 0.567. The number of thioether (sulfide) groups is 1. The third-order valence-corrected chi connectivity index (χ3v) is 7.11. The Morgan fingerprint density at radius 1 is 1.16 bits per heavy atom. The number of likely N-dealkylation sites (N-methyl/N-ethyl adjacent to an activating group) is 1. The van der Waals surface area contributed by atoms with Gasteiger partial charge in [0.15, 0.2) is 0 Å². The average molecular weight is 368 g/mol. The van der Waals surface area contributed by atoms with E-state index in [1.165, 1.54) is 12.8 Å². The Bertz CT molecular complexity index is 528. The Balaban J connectivity index is 1.35. The highest BCUT2D eigenvalue weighted by molar-refractivity contribution is 7.99. The largest absolute Gasteiger partial charge is 0.368 e. The minimum absolute atomic E-state index is 0.0439. The first-order valence-corrected chi connectivity index (χ1v) is 10.7.